The number of hydrogen-bond acceptors (Lipinski definition) is 3. The van der Waals surface area contributed by atoms with Crippen molar-refractivity contribution in [3.05, 3.63) is 35.4 Å². The van der Waals surface area contributed by atoms with Gasteiger partial charge in [-0.15, -0.1) is 0 Å². The minimum absolute atomic E-state index is 0.134. The van der Waals surface area contributed by atoms with Crippen molar-refractivity contribution in [2.75, 3.05) is 13.1 Å². The lowest BCUT2D eigenvalue weighted by atomic mass is 9.97. The highest BCUT2D eigenvalue weighted by Crippen LogP contribution is 2.29. The van der Waals surface area contributed by atoms with Gasteiger partial charge in [-0.25, -0.2) is 0 Å². The number of carbonyl (C=O) groups excluding carboxylic acids is 1. The van der Waals surface area contributed by atoms with E-state index in [0.717, 1.165) is 0 Å². The molecule has 0 saturated carbocycles. The number of nitrogens with zero attached hydrogens (tertiary/aromatic N) is 1. The first-order valence-corrected chi connectivity index (χ1v) is 6.89. The Morgan fingerprint density at radius 2 is 2.19 bits per heavy atom. The van der Waals surface area contributed by atoms with Gasteiger partial charge in [-0.1, -0.05) is 18.2 Å². The first-order valence-electron chi connectivity index (χ1n) is 6.51. The van der Waals surface area contributed by atoms with E-state index in [2.05, 4.69) is 12.6 Å². The van der Waals surface area contributed by atoms with E-state index in [1.54, 1.807) is 0 Å². The van der Waals surface area contributed by atoms with E-state index >= 15 is 0 Å². The third-order valence-corrected chi connectivity index (χ3v) is 3.84. The number of carboxylic acid groups (broad SMARTS) is 1. The van der Waals surface area contributed by atoms with Gasteiger partial charge in [-0.2, -0.15) is 0 Å². The molecule has 1 amide bonds. The Morgan fingerprint density at radius 3 is 2.86 bits per heavy atom. The molecule has 0 aliphatic carbocycles. The van der Waals surface area contributed by atoms with Gasteiger partial charge in [0.2, 0.25) is 0 Å². The van der Waals surface area contributed by atoms with Crippen LogP contribution in [-0.4, -0.2) is 40.1 Å². The van der Waals surface area contributed by atoms with Gasteiger partial charge in [-0.05, 0) is 25.0 Å². The molecule has 0 spiro atoms. The molecule has 0 bridgehead atoms. The molecule has 1 aliphatic rings. The molecule has 1 aliphatic heterocycles. The molecule has 1 saturated heterocycles. The molecule has 6 heteroatoms. The third-order valence-electron chi connectivity index (χ3n) is 3.53. The van der Waals surface area contributed by atoms with Gasteiger partial charge in [0.25, 0.3) is 5.91 Å². The predicted octanol–water partition coefficient (Wildman–Crippen LogP) is 2.18. The average Bonchev–Trinajstić information content (AvgIpc) is 2.48. The summed E-state index contributed by atoms with van der Waals surface area (Å²) in [6.07, 6.45) is 1.20. The van der Waals surface area contributed by atoms with Gasteiger partial charge in [0.05, 0.1) is 5.92 Å². The molecule has 5 nitrogen and oxygen atoms in total. The normalized spacial score (nSPS) is 18.3. The Balaban J connectivity index is 2.17. The molecule has 1 unspecified atom stereocenters. The van der Waals surface area contributed by atoms with Crippen LogP contribution in [0.1, 0.15) is 18.4 Å². The summed E-state index contributed by atoms with van der Waals surface area (Å²) in [5, 5.41) is 18.8. The number of amides is 1. The molecule has 1 aromatic rings. The van der Waals surface area contributed by atoms with Crippen LogP contribution in [0, 0.1) is 12.0 Å². The van der Waals surface area contributed by atoms with Crippen LogP contribution in [0.5, 0.6) is 5.75 Å². The molecule has 1 fully saturated rings. The van der Waals surface area contributed by atoms with Crippen molar-refractivity contribution in [3.63, 3.8) is 0 Å². The van der Waals surface area contributed by atoms with Crippen molar-refractivity contribution >= 4 is 29.1 Å². The van der Waals surface area contributed by atoms with Crippen LogP contribution in [0.4, 0.5) is 0 Å². The van der Waals surface area contributed by atoms with E-state index in [9.17, 15) is 14.7 Å². The number of phenolic OH excluding ortho intramolecular Hbond substituents is 1. The smallest absolute Gasteiger partial charge is 0.308 e. The van der Waals surface area contributed by atoms with Crippen LogP contribution < -0.4 is 0 Å². The van der Waals surface area contributed by atoms with Gasteiger partial charge in [-0.3, -0.25) is 9.59 Å². The summed E-state index contributed by atoms with van der Waals surface area (Å²) in [7, 11) is 0. The molecule has 111 valence electrons. The largest absolute Gasteiger partial charge is 0.507 e. The van der Waals surface area contributed by atoms with Gasteiger partial charge < -0.3 is 15.1 Å². The van der Waals surface area contributed by atoms with E-state index in [1.165, 1.54) is 17.0 Å². The Morgan fingerprint density at radius 1 is 1.48 bits per heavy atom. The molecule has 1 atom stereocenters. The lowest BCUT2D eigenvalue weighted by molar-refractivity contribution is -0.144. The second kappa shape index (κ2) is 6.18. The predicted molar refractivity (Wildman–Crippen MR) is 77.9 cm³/mol. The fourth-order valence-corrected chi connectivity index (χ4v) is 2.59. The van der Waals surface area contributed by atoms with Gasteiger partial charge >= 0.3 is 5.97 Å². The quantitative estimate of drug-likeness (QED) is 0.839. The number of hydrogen-bond donors (Lipinski definition) is 2. The summed E-state index contributed by atoms with van der Waals surface area (Å²) in [5.41, 5.74) is 0.464. The zero-order chi connectivity index (χ0) is 15.6. The summed E-state index contributed by atoms with van der Waals surface area (Å²) >= 11 is 5.99. The highest BCUT2D eigenvalue weighted by atomic mass is 35.5. The van der Waals surface area contributed by atoms with Crippen LogP contribution in [-0.2, 0) is 9.59 Å². The summed E-state index contributed by atoms with van der Waals surface area (Å²) in [5.74, 6) is -1.95. The van der Waals surface area contributed by atoms with Crippen molar-refractivity contribution in [3.8, 4) is 5.75 Å². The zero-order valence-corrected chi connectivity index (χ0v) is 12.1. The van der Waals surface area contributed by atoms with Crippen LogP contribution in [0.25, 0.3) is 5.57 Å². The number of benzene rings is 1. The number of rotatable bonds is 3. The minimum atomic E-state index is -0.900. The number of halogens is 1. The van der Waals surface area contributed by atoms with Crippen LogP contribution in [0.2, 0.25) is 5.02 Å². The average molecular weight is 309 g/mol. The topological polar surface area (TPSA) is 77.8 Å². The molecular weight excluding hydrogens is 294 g/mol. The maximum absolute atomic E-state index is 12.4. The minimum Gasteiger partial charge on any atom is -0.507 e. The monoisotopic (exact) mass is 308 g/mol. The van der Waals surface area contributed by atoms with E-state index in [1.807, 2.05) is 0 Å². The molecule has 0 aromatic heterocycles. The summed E-state index contributed by atoms with van der Waals surface area (Å²) in [4.78, 5) is 24.9. The van der Waals surface area contributed by atoms with Crippen LogP contribution in [0.15, 0.2) is 18.7 Å². The number of piperidine rings is 1. The summed E-state index contributed by atoms with van der Waals surface area (Å²) < 4.78 is 0. The van der Waals surface area contributed by atoms with Gasteiger partial charge in [0.15, 0.2) is 0 Å². The molecule has 2 N–H and O–H groups in total. The van der Waals surface area contributed by atoms with E-state index < -0.39 is 11.9 Å². The van der Waals surface area contributed by atoms with Gasteiger partial charge in [0, 0.05) is 35.3 Å². The third kappa shape index (κ3) is 3.36. The van der Waals surface area contributed by atoms with Crippen molar-refractivity contribution in [2.45, 2.75) is 12.8 Å². The van der Waals surface area contributed by atoms with E-state index in [4.69, 9.17) is 16.7 Å². The Labute approximate surface area is 127 Å². The lowest BCUT2D eigenvalue weighted by Crippen LogP contribution is -2.42. The number of aromatic hydroxyl groups is 1. The Kier molecular flexibility index (Phi) is 4.53. The summed E-state index contributed by atoms with van der Waals surface area (Å²) in [6, 6.07) is 5.20. The molecule has 1 radical (unpaired) electrons. The highest BCUT2D eigenvalue weighted by molar-refractivity contribution is 6.34. The molecule has 1 heterocycles. The maximum Gasteiger partial charge on any atom is 0.308 e. The molecule has 21 heavy (non-hydrogen) atoms. The Bertz CT molecular complexity index is 599. The van der Waals surface area contributed by atoms with Crippen molar-refractivity contribution < 1.29 is 19.8 Å². The number of phenols is 1. The fourth-order valence-electron chi connectivity index (χ4n) is 2.36. The van der Waals surface area contributed by atoms with E-state index in [0.29, 0.717) is 24.9 Å². The number of aliphatic carboxylic acids is 1. The number of carbonyl (C=O) groups is 2. The van der Waals surface area contributed by atoms with Crippen molar-refractivity contribution in [1.82, 2.24) is 4.90 Å². The number of carboxylic acids is 1. The second-order valence-corrected chi connectivity index (χ2v) is 5.39. The van der Waals surface area contributed by atoms with E-state index in [-0.39, 0.29) is 28.8 Å². The Hall–Kier alpha value is -2.01. The van der Waals surface area contributed by atoms with Gasteiger partial charge in [0.1, 0.15) is 5.75 Å². The maximum atomic E-state index is 12.4. The van der Waals surface area contributed by atoms with Crippen LogP contribution in [0.3, 0.4) is 0 Å². The fraction of sp³-hybridized carbons (Fsp3) is 0.333. The standard InChI is InChI=1S/C15H15ClNO4/c1-9(12-7-11(18)4-5-13(12)16)14(19)17-6-2-3-10(8-17)15(20)21/h5,7,10,18H,1-3,6,8H2,(H,20,21). The lowest BCUT2D eigenvalue weighted by Gasteiger charge is -2.31. The summed E-state index contributed by atoms with van der Waals surface area (Å²) in [6.45, 7) is 4.38. The zero-order valence-electron chi connectivity index (χ0n) is 11.3. The van der Waals surface area contributed by atoms with Crippen LogP contribution >= 0.6 is 11.6 Å². The highest BCUT2D eigenvalue weighted by Gasteiger charge is 2.29. The molecular formula is C15H15ClNO4. The van der Waals surface area contributed by atoms with Crippen molar-refractivity contribution in [1.29, 1.82) is 0 Å². The van der Waals surface area contributed by atoms with Crippen molar-refractivity contribution in [2.24, 2.45) is 5.92 Å². The second-order valence-electron chi connectivity index (χ2n) is 4.99. The SMILES string of the molecule is C=C(C(=O)N1CCCC(C(=O)O)C1)c1cc(O)[c]cc1Cl. The first kappa shape index (κ1) is 15.4. The number of likely N-dealkylation sites (tertiary alicyclic amines) is 1. The first-order chi connectivity index (χ1) is 9.90. The molecule has 1 aromatic carbocycles. The molecule has 2 rings (SSSR count).